The number of benzene rings is 2. The molecule has 2 heterocycles. The Hall–Kier alpha value is -3.84. The minimum Gasteiger partial charge on any atom is -0.497 e. The molecule has 0 aliphatic carbocycles. The largest absolute Gasteiger partial charge is 0.497 e. The molecule has 0 unspecified atom stereocenters. The molecule has 0 aliphatic rings. The number of nitrogens with zero attached hydrogens (tertiary/aromatic N) is 2. The molecule has 0 bridgehead atoms. The first-order valence-electron chi connectivity index (χ1n) is 12.3. The van der Waals surface area contributed by atoms with Crippen molar-refractivity contribution in [1.82, 2.24) is 14.7 Å². The SMILES string of the molecule is CCOc1cccc(-c2ccc3nc(-c4cccc(OC)c4)c(CCC(=O)NCCCOC)n3c2)c1. The molecule has 7 heteroatoms. The number of amides is 1. The molecule has 0 saturated carbocycles. The van der Waals surface area contributed by atoms with Gasteiger partial charge in [-0.25, -0.2) is 4.98 Å². The molecule has 0 aliphatic heterocycles. The van der Waals surface area contributed by atoms with Crippen LogP contribution in [0, 0.1) is 0 Å². The van der Waals surface area contributed by atoms with Crippen LogP contribution in [0.3, 0.4) is 0 Å². The fourth-order valence-corrected chi connectivity index (χ4v) is 4.20. The Bertz CT molecular complexity index is 1320. The molecule has 4 aromatic rings. The first-order chi connectivity index (χ1) is 17.6. The van der Waals surface area contributed by atoms with Gasteiger partial charge in [-0.05, 0) is 67.3 Å². The number of carbonyl (C=O) groups is 1. The maximum Gasteiger partial charge on any atom is 0.220 e. The molecule has 0 saturated heterocycles. The lowest BCUT2D eigenvalue weighted by Gasteiger charge is -2.10. The number of hydrogen-bond acceptors (Lipinski definition) is 5. The van der Waals surface area contributed by atoms with Crippen LogP contribution in [-0.2, 0) is 16.0 Å². The van der Waals surface area contributed by atoms with Crippen LogP contribution < -0.4 is 14.8 Å². The van der Waals surface area contributed by atoms with Gasteiger partial charge in [0.05, 0.1) is 25.1 Å². The Labute approximate surface area is 212 Å². The van der Waals surface area contributed by atoms with Crippen LogP contribution in [0.15, 0.2) is 66.9 Å². The van der Waals surface area contributed by atoms with Gasteiger partial charge in [0.1, 0.15) is 17.1 Å². The van der Waals surface area contributed by atoms with Crippen molar-refractivity contribution in [3.63, 3.8) is 0 Å². The zero-order valence-corrected chi connectivity index (χ0v) is 21.1. The summed E-state index contributed by atoms with van der Waals surface area (Å²) in [6.45, 7) is 3.82. The van der Waals surface area contributed by atoms with Gasteiger partial charge in [0.2, 0.25) is 5.91 Å². The summed E-state index contributed by atoms with van der Waals surface area (Å²) in [5.74, 6) is 1.61. The Balaban J connectivity index is 1.70. The number of aromatic nitrogens is 2. The van der Waals surface area contributed by atoms with Crippen molar-refractivity contribution in [1.29, 1.82) is 0 Å². The molecule has 1 N–H and O–H groups in total. The van der Waals surface area contributed by atoms with Crippen LogP contribution in [-0.4, -0.2) is 49.3 Å². The average molecular weight is 488 g/mol. The van der Waals surface area contributed by atoms with Gasteiger partial charge in [-0.1, -0.05) is 24.3 Å². The molecule has 1 amide bonds. The van der Waals surface area contributed by atoms with Crippen molar-refractivity contribution >= 4 is 11.6 Å². The Morgan fingerprint density at radius 1 is 0.972 bits per heavy atom. The second-order valence-electron chi connectivity index (χ2n) is 8.44. The number of pyridine rings is 1. The lowest BCUT2D eigenvalue weighted by molar-refractivity contribution is -0.121. The molecule has 2 aromatic heterocycles. The molecular formula is C29H33N3O4. The first-order valence-corrected chi connectivity index (χ1v) is 12.3. The minimum atomic E-state index is 0.0122. The third-order valence-corrected chi connectivity index (χ3v) is 5.98. The van der Waals surface area contributed by atoms with E-state index in [9.17, 15) is 4.79 Å². The monoisotopic (exact) mass is 487 g/mol. The Kier molecular flexibility index (Phi) is 8.57. The highest BCUT2D eigenvalue weighted by Gasteiger charge is 2.17. The molecule has 0 fully saturated rings. The Morgan fingerprint density at radius 3 is 2.53 bits per heavy atom. The van der Waals surface area contributed by atoms with E-state index in [2.05, 4.69) is 28.0 Å². The minimum absolute atomic E-state index is 0.0122. The number of nitrogens with one attached hydrogen (secondary N) is 1. The van der Waals surface area contributed by atoms with Gasteiger partial charge in [-0.3, -0.25) is 4.79 Å². The second-order valence-corrected chi connectivity index (χ2v) is 8.44. The molecule has 0 radical (unpaired) electrons. The van der Waals surface area contributed by atoms with E-state index in [1.165, 1.54) is 0 Å². The summed E-state index contributed by atoms with van der Waals surface area (Å²) in [5.41, 5.74) is 5.71. The third kappa shape index (κ3) is 6.04. The lowest BCUT2D eigenvalue weighted by Crippen LogP contribution is -2.25. The molecule has 36 heavy (non-hydrogen) atoms. The number of aryl methyl sites for hydroxylation is 1. The van der Waals surface area contributed by atoms with Crippen LogP contribution in [0.5, 0.6) is 11.5 Å². The number of fused-ring (bicyclic) bond motifs is 1. The summed E-state index contributed by atoms with van der Waals surface area (Å²) in [4.78, 5) is 17.5. The van der Waals surface area contributed by atoms with Crippen molar-refractivity contribution in [3.8, 4) is 33.9 Å². The van der Waals surface area contributed by atoms with E-state index in [0.29, 0.717) is 32.6 Å². The summed E-state index contributed by atoms with van der Waals surface area (Å²) < 4.78 is 18.3. The molecule has 7 nitrogen and oxygen atoms in total. The number of rotatable bonds is 12. The standard InChI is InChI=1S/C29H33N3O4/c1-4-36-25-11-5-8-21(18-25)23-12-14-27-31-29(22-9-6-10-24(19-22)35-3)26(32(27)20-23)13-15-28(33)30-16-7-17-34-2/h5-6,8-12,14,18-20H,4,7,13,15-17H2,1-3H3,(H,30,33). The number of ether oxygens (including phenoxy) is 3. The number of methoxy groups -OCH3 is 2. The van der Waals surface area contributed by atoms with Gasteiger partial charge in [-0.15, -0.1) is 0 Å². The van der Waals surface area contributed by atoms with Crippen molar-refractivity contribution in [2.75, 3.05) is 34.0 Å². The zero-order valence-electron chi connectivity index (χ0n) is 21.1. The molecule has 2 aromatic carbocycles. The molecule has 0 atom stereocenters. The topological polar surface area (TPSA) is 74.1 Å². The predicted octanol–water partition coefficient (Wildman–Crippen LogP) is 5.16. The van der Waals surface area contributed by atoms with E-state index < -0.39 is 0 Å². The van der Waals surface area contributed by atoms with Crippen LogP contribution >= 0.6 is 0 Å². The fraction of sp³-hybridized carbons (Fsp3) is 0.310. The normalized spacial score (nSPS) is 11.0. The number of imidazole rings is 1. The van der Waals surface area contributed by atoms with Crippen LogP contribution in [0.1, 0.15) is 25.5 Å². The smallest absolute Gasteiger partial charge is 0.220 e. The molecular weight excluding hydrogens is 454 g/mol. The summed E-state index contributed by atoms with van der Waals surface area (Å²) in [5, 5.41) is 2.98. The highest BCUT2D eigenvalue weighted by Crippen LogP contribution is 2.31. The van der Waals surface area contributed by atoms with Gasteiger partial charge < -0.3 is 23.9 Å². The van der Waals surface area contributed by atoms with Crippen molar-refractivity contribution < 1.29 is 19.0 Å². The molecule has 0 spiro atoms. The van der Waals surface area contributed by atoms with Gasteiger partial charge in [0.25, 0.3) is 0 Å². The van der Waals surface area contributed by atoms with Crippen molar-refractivity contribution in [2.24, 2.45) is 0 Å². The fourth-order valence-electron chi connectivity index (χ4n) is 4.20. The van der Waals surface area contributed by atoms with Gasteiger partial charge >= 0.3 is 0 Å². The summed E-state index contributed by atoms with van der Waals surface area (Å²) in [7, 11) is 3.31. The highest BCUT2D eigenvalue weighted by molar-refractivity contribution is 5.77. The summed E-state index contributed by atoms with van der Waals surface area (Å²) in [6.07, 6.45) is 3.79. The highest BCUT2D eigenvalue weighted by atomic mass is 16.5. The van der Waals surface area contributed by atoms with Crippen LogP contribution in [0.2, 0.25) is 0 Å². The predicted molar refractivity (Wildman–Crippen MR) is 142 cm³/mol. The van der Waals surface area contributed by atoms with Crippen LogP contribution in [0.4, 0.5) is 0 Å². The van der Waals surface area contributed by atoms with E-state index in [4.69, 9.17) is 19.2 Å². The summed E-state index contributed by atoms with van der Waals surface area (Å²) >= 11 is 0. The van der Waals surface area contributed by atoms with Gasteiger partial charge in [0, 0.05) is 38.4 Å². The first kappa shape index (κ1) is 25.3. The van der Waals surface area contributed by atoms with E-state index in [-0.39, 0.29) is 5.91 Å². The molecule has 188 valence electrons. The number of hydrogen-bond donors (Lipinski definition) is 1. The number of carbonyl (C=O) groups excluding carboxylic acids is 1. The quantitative estimate of drug-likeness (QED) is 0.280. The lowest BCUT2D eigenvalue weighted by atomic mass is 10.1. The van der Waals surface area contributed by atoms with Crippen LogP contribution in [0.25, 0.3) is 28.0 Å². The molecule has 4 rings (SSSR count). The third-order valence-electron chi connectivity index (χ3n) is 5.98. The van der Waals surface area contributed by atoms with Crippen molar-refractivity contribution in [2.45, 2.75) is 26.2 Å². The summed E-state index contributed by atoms with van der Waals surface area (Å²) in [6, 6.07) is 20.0. The maximum atomic E-state index is 12.6. The van der Waals surface area contributed by atoms with E-state index >= 15 is 0 Å². The van der Waals surface area contributed by atoms with Gasteiger partial charge in [-0.2, -0.15) is 0 Å². The Morgan fingerprint density at radius 2 is 1.75 bits per heavy atom. The van der Waals surface area contributed by atoms with E-state index in [0.717, 1.165) is 51.6 Å². The zero-order chi connectivity index (χ0) is 25.3. The van der Waals surface area contributed by atoms with E-state index in [1.54, 1.807) is 14.2 Å². The van der Waals surface area contributed by atoms with E-state index in [1.807, 2.05) is 55.5 Å². The van der Waals surface area contributed by atoms with Gasteiger partial charge in [0.15, 0.2) is 0 Å². The maximum absolute atomic E-state index is 12.6. The van der Waals surface area contributed by atoms with Crippen molar-refractivity contribution in [3.05, 3.63) is 72.6 Å². The average Bonchev–Trinajstić information content (AvgIpc) is 3.28. The second kappa shape index (κ2) is 12.2.